The smallest absolute Gasteiger partial charge is 0.270 e. The maximum atomic E-state index is 13.0. The van der Waals surface area contributed by atoms with Crippen molar-refractivity contribution >= 4 is 22.7 Å². The number of amides is 2. The van der Waals surface area contributed by atoms with Gasteiger partial charge in [0.2, 0.25) is 5.91 Å². The zero-order valence-corrected chi connectivity index (χ0v) is 17.8. The van der Waals surface area contributed by atoms with Crippen molar-refractivity contribution in [3.05, 3.63) is 30.0 Å². The van der Waals surface area contributed by atoms with Crippen molar-refractivity contribution in [1.82, 2.24) is 15.2 Å². The molecule has 2 amide bonds. The van der Waals surface area contributed by atoms with Gasteiger partial charge in [-0.3, -0.25) is 9.59 Å². The van der Waals surface area contributed by atoms with Crippen molar-refractivity contribution in [2.75, 3.05) is 33.4 Å². The number of aromatic nitrogens is 1. The Kier molecular flexibility index (Phi) is 6.27. The summed E-state index contributed by atoms with van der Waals surface area (Å²) < 4.78 is 10.8. The fourth-order valence-corrected chi connectivity index (χ4v) is 4.52. The predicted molar refractivity (Wildman–Crippen MR) is 115 cm³/mol. The molecule has 2 fully saturated rings. The van der Waals surface area contributed by atoms with Crippen molar-refractivity contribution < 1.29 is 19.1 Å². The lowest BCUT2D eigenvalue weighted by molar-refractivity contribution is -0.127. The maximum absolute atomic E-state index is 13.0. The molecule has 4 rings (SSSR count). The highest BCUT2D eigenvalue weighted by atomic mass is 16.5. The van der Waals surface area contributed by atoms with Gasteiger partial charge in [0.15, 0.2) is 0 Å². The van der Waals surface area contributed by atoms with Crippen LogP contribution >= 0.6 is 0 Å². The van der Waals surface area contributed by atoms with Crippen LogP contribution in [0.15, 0.2) is 24.3 Å². The van der Waals surface area contributed by atoms with Crippen LogP contribution in [0, 0.1) is 11.8 Å². The summed E-state index contributed by atoms with van der Waals surface area (Å²) in [6.07, 6.45) is 3.95. The number of benzene rings is 1. The molecule has 1 aromatic heterocycles. The van der Waals surface area contributed by atoms with E-state index in [1.54, 1.807) is 7.11 Å². The van der Waals surface area contributed by atoms with E-state index in [-0.39, 0.29) is 23.8 Å². The first kappa shape index (κ1) is 20.7. The fourth-order valence-electron chi connectivity index (χ4n) is 4.52. The zero-order chi connectivity index (χ0) is 21.1. The first-order valence-electron chi connectivity index (χ1n) is 10.9. The molecule has 0 bridgehead atoms. The number of methoxy groups -OCH3 is 1. The SMILES string of the molecule is COc1ccc2cc(C(=O)N3CCC(C(C)C(=O)NCC4CCCO4)CC3)[nH]c2c1. The summed E-state index contributed by atoms with van der Waals surface area (Å²) in [7, 11) is 1.63. The van der Waals surface area contributed by atoms with Crippen LogP contribution in [0.3, 0.4) is 0 Å². The van der Waals surface area contributed by atoms with E-state index >= 15 is 0 Å². The average molecular weight is 414 g/mol. The third kappa shape index (κ3) is 4.46. The van der Waals surface area contributed by atoms with Crippen LogP contribution in [0.25, 0.3) is 10.9 Å². The molecular weight excluding hydrogens is 382 g/mol. The van der Waals surface area contributed by atoms with E-state index in [1.807, 2.05) is 36.1 Å². The first-order chi connectivity index (χ1) is 14.5. The Morgan fingerprint density at radius 2 is 2.07 bits per heavy atom. The summed E-state index contributed by atoms with van der Waals surface area (Å²) in [6, 6.07) is 7.63. The quantitative estimate of drug-likeness (QED) is 0.763. The molecule has 162 valence electrons. The Morgan fingerprint density at radius 3 is 2.77 bits per heavy atom. The molecule has 0 aliphatic carbocycles. The van der Waals surface area contributed by atoms with E-state index in [9.17, 15) is 9.59 Å². The van der Waals surface area contributed by atoms with Crippen molar-refractivity contribution in [2.45, 2.75) is 38.7 Å². The molecule has 2 unspecified atom stereocenters. The van der Waals surface area contributed by atoms with E-state index in [0.717, 1.165) is 48.9 Å². The molecule has 7 nitrogen and oxygen atoms in total. The Labute approximate surface area is 177 Å². The molecule has 2 aliphatic rings. The molecule has 0 radical (unpaired) electrons. The van der Waals surface area contributed by atoms with Crippen LogP contribution in [0.1, 0.15) is 43.1 Å². The van der Waals surface area contributed by atoms with Crippen LogP contribution < -0.4 is 10.1 Å². The number of rotatable bonds is 6. The Hall–Kier alpha value is -2.54. The largest absolute Gasteiger partial charge is 0.497 e. The maximum Gasteiger partial charge on any atom is 0.270 e. The van der Waals surface area contributed by atoms with Gasteiger partial charge in [0, 0.05) is 49.1 Å². The molecule has 0 saturated carbocycles. The van der Waals surface area contributed by atoms with E-state index in [1.165, 1.54) is 0 Å². The molecule has 3 heterocycles. The van der Waals surface area contributed by atoms with Gasteiger partial charge < -0.3 is 24.7 Å². The number of carbonyl (C=O) groups is 2. The van der Waals surface area contributed by atoms with Crippen LogP contribution in [0.4, 0.5) is 0 Å². The van der Waals surface area contributed by atoms with Crippen molar-refractivity contribution in [3.8, 4) is 5.75 Å². The third-order valence-corrected chi connectivity index (χ3v) is 6.54. The van der Waals surface area contributed by atoms with Gasteiger partial charge in [-0.1, -0.05) is 6.92 Å². The highest BCUT2D eigenvalue weighted by Crippen LogP contribution is 2.27. The minimum Gasteiger partial charge on any atom is -0.497 e. The van der Waals surface area contributed by atoms with Crippen LogP contribution in [-0.4, -0.2) is 61.2 Å². The lowest BCUT2D eigenvalue weighted by Crippen LogP contribution is -2.43. The van der Waals surface area contributed by atoms with Gasteiger partial charge in [-0.25, -0.2) is 0 Å². The van der Waals surface area contributed by atoms with Gasteiger partial charge in [0.25, 0.3) is 5.91 Å². The number of ether oxygens (including phenoxy) is 2. The van der Waals surface area contributed by atoms with E-state index in [4.69, 9.17) is 9.47 Å². The minimum atomic E-state index is -0.0517. The summed E-state index contributed by atoms with van der Waals surface area (Å²) in [5.41, 5.74) is 1.49. The molecule has 2 atom stereocenters. The standard InChI is InChI=1S/C23H31N3O4/c1-15(22(27)24-14-19-4-3-11-30-19)16-7-9-26(10-8-16)23(28)21-12-17-5-6-18(29-2)13-20(17)25-21/h5-6,12-13,15-16,19,25H,3-4,7-11,14H2,1-2H3,(H,24,27). The second-order valence-corrected chi connectivity index (χ2v) is 8.43. The van der Waals surface area contributed by atoms with Gasteiger partial charge in [0.1, 0.15) is 11.4 Å². The van der Waals surface area contributed by atoms with Gasteiger partial charge in [-0.2, -0.15) is 0 Å². The molecule has 2 N–H and O–H groups in total. The molecule has 0 spiro atoms. The average Bonchev–Trinajstić information content (AvgIpc) is 3.45. The molecule has 30 heavy (non-hydrogen) atoms. The Balaban J connectivity index is 1.30. The summed E-state index contributed by atoms with van der Waals surface area (Å²) in [5.74, 6) is 1.12. The number of hydrogen-bond donors (Lipinski definition) is 2. The summed E-state index contributed by atoms with van der Waals surface area (Å²) in [5, 5.41) is 4.04. The first-order valence-corrected chi connectivity index (χ1v) is 10.9. The van der Waals surface area contributed by atoms with E-state index < -0.39 is 0 Å². The number of hydrogen-bond acceptors (Lipinski definition) is 4. The zero-order valence-electron chi connectivity index (χ0n) is 17.8. The number of likely N-dealkylation sites (tertiary alicyclic amines) is 1. The highest BCUT2D eigenvalue weighted by Gasteiger charge is 2.31. The number of H-pyrrole nitrogens is 1. The lowest BCUT2D eigenvalue weighted by atomic mass is 9.84. The lowest BCUT2D eigenvalue weighted by Gasteiger charge is -2.34. The van der Waals surface area contributed by atoms with Gasteiger partial charge in [-0.05, 0) is 49.8 Å². The molecule has 7 heteroatoms. The second-order valence-electron chi connectivity index (χ2n) is 8.43. The van der Waals surface area contributed by atoms with Crippen molar-refractivity contribution in [3.63, 3.8) is 0 Å². The Bertz CT molecular complexity index is 895. The summed E-state index contributed by atoms with van der Waals surface area (Å²) in [4.78, 5) is 30.6. The minimum absolute atomic E-state index is 0.0131. The second kappa shape index (κ2) is 9.08. The van der Waals surface area contributed by atoms with Crippen LogP contribution in [0.2, 0.25) is 0 Å². The van der Waals surface area contributed by atoms with Gasteiger partial charge >= 0.3 is 0 Å². The van der Waals surface area contributed by atoms with Crippen LogP contribution in [0.5, 0.6) is 5.75 Å². The molecule has 2 aliphatic heterocycles. The number of aromatic amines is 1. The predicted octanol–water partition coefficient (Wildman–Crippen LogP) is 2.96. The summed E-state index contributed by atoms with van der Waals surface area (Å²) >= 11 is 0. The highest BCUT2D eigenvalue weighted by molar-refractivity contribution is 5.98. The molecular formula is C23H31N3O4. The van der Waals surface area contributed by atoms with Crippen LogP contribution in [-0.2, 0) is 9.53 Å². The van der Waals surface area contributed by atoms with Gasteiger partial charge in [-0.15, -0.1) is 0 Å². The monoisotopic (exact) mass is 413 g/mol. The molecule has 1 aromatic carbocycles. The van der Waals surface area contributed by atoms with E-state index in [2.05, 4.69) is 10.3 Å². The number of carbonyl (C=O) groups excluding carboxylic acids is 2. The Morgan fingerprint density at radius 1 is 1.27 bits per heavy atom. The normalized spacial score (nSPS) is 21.0. The molecule has 2 saturated heterocycles. The third-order valence-electron chi connectivity index (χ3n) is 6.54. The topological polar surface area (TPSA) is 83.7 Å². The summed E-state index contributed by atoms with van der Waals surface area (Å²) in [6.45, 7) is 4.74. The number of piperidine rings is 1. The number of nitrogens with one attached hydrogen (secondary N) is 2. The molecule has 2 aromatic rings. The van der Waals surface area contributed by atoms with Crippen molar-refractivity contribution in [1.29, 1.82) is 0 Å². The van der Waals surface area contributed by atoms with E-state index in [0.29, 0.717) is 31.2 Å². The van der Waals surface area contributed by atoms with Crippen molar-refractivity contribution in [2.24, 2.45) is 11.8 Å². The number of nitrogens with zero attached hydrogens (tertiary/aromatic N) is 1. The van der Waals surface area contributed by atoms with Gasteiger partial charge in [0.05, 0.1) is 13.2 Å². The fraction of sp³-hybridized carbons (Fsp3) is 0.565. The number of fused-ring (bicyclic) bond motifs is 1.